The van der Waals surface area contributed by atoms with Crippen molar-refractivity contribution in [3.05, 3.63) is 42.0 Å². The Morgan fingerprint density at radius 1 is 1.25 bits per heavy atom. The Balaban J connectivity index is 1.73. The maximum absolute atomic E-state index is 4.43. The first-order valence-electron chi connectivity index (χ1n) is 8.65. The normalized spacial score (nSPS) is 18.1. The van der Waals surface area contributed by atoms with E-state index in [9.17, 15) is 0 Å². The third-order valence-corrected chi connectivity index (χ3v) is 5.28. The smallest absolute Gasteiger partial charge is 0.193 e. The zero-order valence-corrected chi connectivity index (χ0v) is 15.9. The van der Waals surface area contributed by atoms with Gasteiger partial charge in [0.25, 0.3) is 0 Å². The van der Waals surface area contributed by atoms with Crippen molar-refractivity contribution < 1.29 is 0 Å². The molecule has 0 radical (unpaired) electrons. The highest BCUT2D eigenvalue weighted by Crippen LogP contribution is 2.06. The Bertz CT molecular complexity index is 521. The molecule has 1 N–H and O–H groups in total. The number of hydrogen-bond acceptors (Lipinski definition) is 3. The topological polar surface area (TPSA) is 30.9 Å². The van der Waals surface area contributed by atoms with E-state index in [1.165, 1.54) is 5.56 Å². The first kappa shape index (κ1) is 18.9. The van der Waals surface area contributed by atoms with Crippen LogP contribution in [0.3, 0.4) is 0 Å². The Morgan fingerprint density at radius 3 is 2.58 bits per heavy atom. The highest BCUT2D eigenvalue weighted by Gasteiger charge is 2.18. The van der Waals surface area contributed by atoms with Crippen molar-refractivity contribution in [1.82, 2.24) is 15.1 Å². The number of aliphatic imine (C=N–C) groups is 1. The molecule has 1 aliphatic heterocycles. The van der Waals surface area contributed by atoms with Gasteiger partial charge in [0.1, 0.15) is 0 Å². The lowest BCUT2D eigenvalue weighted by Crippen LogP contribution is -2.53. The molecule has 2 rings (SSSR count). The van der Waals surface area contributed by atoms with Crippen LogP contribution < -0.4 is 5.32 Å². The van der Waals surface area contributed by atoms with Gasteiger partial charge >= 0.3 is 0 Å². The highest BCUT2D eigenvalue weighted by atomic mass is 32.2. The average molecular weight is 347 g/mol. The fourth-order valence-electron chi connectivity index (χ4n) is 2.69. The second kappa shape index (κ2) is 10.4. The Kier molecular flexibility index (Phi) is 8.19. The first-order valence-corrected chi connectivity index (χ1v) is 9.94. The number of piperazine rings is 1. The minimum atomic E-state index is 0.603. The molecule has 0 amide bonds. The summed E-state index contributed by atoms with van der Waals surface area (Å²) in [6.45, 7) is 8.45. The third kappa shape index (κ3) is 6.21. The summed E-state index contributed by atoms with van der Waals surface area (Å²) in [7, 11) is 1.88. The predicted molar refractivity (Wildman–Crippen MR) is 108 cm³/mol. The van der Waals surface area contributed by atoms with Gasteiger partial charge in [0.15, 0.2) is 5.96 Å². The number of hydrogen-bond donors (Lipinski definition) is 1. The molecule has 24 heavy (non-hydrogen) atoms. The summed E-state index contributed by atoms with van der Waals surface area (Å²) in [5, 5.41) is 4.09. The van der Waals surface area contributed by atoms with Crippen molar-refractivity contribution in [2.45, 2.75) is 12.2 Å². The Labute approximate surface area is 151 Å². The van der Waals surface area contributed by atoms with E-state index in [2.05, 4.69) is 75.8 Å². The zero-order chi connectivity index (χ0) is 17.2. The van der Waals surface area contributed by atoms with E-state index in [4.69, 9.17) is 0 Å². The van der Waals surface area contributed by atoms with Crippen LogP contribution in [-0.4, -0.2) is 73.6 Å². The van der Waals surface area contributed by atoms with Crippen molar-refractivity contribution in [3.63, 3.8) is 0 Å². The number of guanidine groups is 1. The molecule has 1 atom stereocenters. The van der Waals surface area contributed by atoms with E-state index in [0.717, 1.165) is 45.2 Å². The lowest BCUT2D eigenvalue weighted by atomic mass is 10.2. The first-order chi connectivity index (χ1) is 11.7. The van der Waals surface area contributed by atoms with Crippen LogP contribution in [0.1, 0.15) is 12.5 Å². The fourth-order valence-corrected chi connectivity index (χ4v) is 2.94. The minimum absolute atomic E-state index is 0.603. The summed E-state index contributed by atoms with van der Waals surface area (Å²) < 4.78 is 0. The summed E-state index contributed by atoms with van der Waals surface area (Å²) in [4.78, 5) is 9.29. The SMILES string of the molecule is CN=C(NCC(C)SC)N1CCN(C/C=C/c2ccccc2)CC1. The van der Waals surface area contributed by atoms with Crippen molar-refractivity contribution >= 4 is 23.8 Å². The average Bonchev–Trinajstić information content (AvgIpc) is 2.64. The van der Waals surface area contributed by atoms with Crippen molar-refractivity contribution in [2.24, 2.45) is 4.99 Å². The molecule has 1 aromatic carbocycles. The molecule has 0 aliphatic carbocycles. The zero-order valence-electron chi connectivity index (χ0n) is 15.1. The molecule has 1 unspecified atom stereocenters. The molecule has 0 aromatic heterocycles. The number of benzene rings is 1. The third-order valence-electron chi connectivity index (χ3n) is 4.31. The van der Waals surface area contributed by atoms with Crippen LogP contribution in [0.4, 0.5) is 0 Å². The molecule has 4 nitrogen and oxygen atoms in total. The molecule has 0 saturated carbocycles. The number of nitrogens with one attached hydrogen (secondary N) is 1. The van der Waals surface area contributed by atoms with Gasteiger partial charge in [-0.2, -0.15) is 11.8 Å². The van der Waals surface area contributed by atoms with Crippen LogP contribution in [0.15, 0.2) is 41.4 Å². The molecule has 0 bridgehead atoms. The molecule has 1 heterocycles. The molecule has 1 aliphatic rings. The van der Waals surface area contributed by atoms with Gasteiger partial charge in [-0.15, -0.1) is 0 Å². The van der Waals surface area contributed by atoms with Crippen LogP contribution in [0.25, 0.3) is 6.08 Å². The maximum atomic E-state index is 4.43. The standard InChI is InChI=1S/C19H30N4S/c1-17(24-3)16-21-19(20-2)23-14-12-22(13-15-23)11-7-10-18-8-5-4-6-9-18/h4-10,17H,11-16H2,1-3H3,(H,20,21)/b10-7+. The summed E-state index contributed by atoms with van der Waals surface area (Å²) in [6, 6.07) is 10.5. The second-order valence-electron chi connectivity index (χ2n) is 6.08. The van der Waals surface area contributed by atoms with Gasteiger partial charge in [-0.3, -0.25) is 9.89 Å². The summed E-state index contributed by atoms with van der Waals surface area (Å²) in [5.74, 6) is 1.04. The van der Waals surface area contributed by atoms with E-state index in [1.54, 1.807) is 0 Å². The summed E-state index contributed by atoms with van der Waals surface area (Å²) >= 11 is 1.88. The lowest BCUT2D eigenvalue weighted by molar-refractivity contribution is 0.194. The van der Waals surface area contributed by atoms with E-state index in [0.29, 0.717) is 5.25 Å². The van der Waals surface area contributed by atoms with Crippen molar-refractivity contribution in [2.75, 3.05) is 52.6 Å². The van der Waals surface area contributed by atoms with Gasteiger partial charge in [-0.1, -0.05) is 49.4 Å². The molecule has 1 fully saturated rings. The molecular weight excluding hydrogens is 316 g/mol. The number of rotatable bonds is 6. The predicted octanol–water partition coefficient (Wildman–Crippen LogP) is 2.64. The van der Waals surface area contributed by atoms with Crippen LogP contribution in [0.5, 0.6) is 0 Å². The van der Waals surface area contributed by atoms with Gasteiger partial charge in [0, 0.05) is 51.6 Å². The van der Waals surface area contributed by atoms with Crippen LogP contribution in [-0.2, 0) is 0 Å². The van der Waals surface area contributed by atoms with Gasteiger partial charge in [-0.25, -0.2) is 0 Å². The molecule has 1 aromatic rings. The van der Waals surface area contributed by atoms with Crippen molar-refractivity contribution in [1.29, 1.82) is 0 Å². The maximum Gasteiger partial charge on any atom is 0.193 e. The van der Waals surface area contributed by atoms with E-state index in [1.807, 2.05) is 18.8 Å². The highest BCUT2D eigenvalue weighted by molar-refractivity contribution is 7.99. The van der Waals surface area contributed by atoms with Crippen LogP contribution in [0, 0.1) is 0 Å². The van der Waals surface area contributed by atoms with E-state index in [-0.39, 0.29) is 0 Å². The van der Waals surface area contributed by atoms with Gasteiger partial charge in [0.2, 0.25) is 0 Å². The monoisotopic (exact) mass is 346 g/mol. The Morgan fingerprint density at radius 2 is 1.96 bits per heavy atom. The second-order valence-corrected chi connectivity index (χ2v) is 7.35. The molecule has 1 saturated heterocycles. The molecule has 5 heteroatoms. The van der Waals surface area contributed by atoms with Gasteiger partial charge < -0.3 is 10.2 Å². The quantitative estimate of drug-likeness (QED) is 0.634. The Hall–Kier alpha value is -1.46. The number of thioether (sulfide) groups is 1. The largest absolute Gasteiger partial charge is 0.355 e. The van der Waals surface area contributed by atoms with Crippen molar-refractivity contribution in [3.8, 4) is 0 Å². The minimum Gasteiger partial charge on any atom is -0.355 e. The molecular formula is C19H30N4S. The van der Waals surface area contributed by atoms with E-state index < -0.39 is 0 Å². The van der Waals surface area contributed by atoms with Crippen LogP contribution in [0.2, 0.25) is 0 Å². The fraction of sp³-hybridized carbons (Fsp3) is 0.526. The molecule has 0 spiro atoms. The van der Waals surface area contributed by atoms with E-state index >= 15 is 0 Å². The summed E-state index contributed by atoms with van der Waals surface area (Å²) in [5.41, 5.74) is 1.27. The summed E-state index contributed by atoms with van der Waals surface area (Å²) in [6.07, 6.45) is 6.62. The number of nitrogens with zero attached hydrogens (tertiary/aromatic N) is 3. The van der Waals surface area contributed by atoms with Gasteiger partial charge in [0.05, 0.1) is 0 Å². The molecule has 132 valence electrons. The van der Waals surface area contributed by atoms with Gasteiger partial charge in [-0.05, 0) is 11.8 Å². The lowest BCUT2D eigenvalue weighted by Gasteiger charge is -2.36. The van der Waals surface area contributed by atoms with Crippen LogP contribution >= 0.6 is 11.8 Å².